The molecule has 1 heterocycles. The van der Waals surface area contributed by atoms with Crippen molar-refractivity contribution in [3.63, 3.8) is 0 Å². The molecule has 0 atom stereocenters. The van der Waals surface area contributed by atoms with Crippen molar-refractivity contribution >= 4 is 34.9 Å². The van der Waals surface area contributed by atoms with Gasteiger partial charge in [0.1, 0.15) is 5.82 Å². The zero-order chi connectivity index (χ0) is 14.0. The molecule has 1 aromatic heterocycles. The highest BCUT2D eigenvalue weighted by molar-refractivity contribution is 6.36. The predicted octanol–water partition coefficient (Wildman–Crippen LogP) is 2.24. The molecule has 2 aromatic rings. The molecule has 2 rings (SSSR count). The Kier molecular flexibility index (Phi) is 3.97. The van der Waals surface area contributed by atoms with E-state index in [1.165, 1.54) is 10.7 Å². The van der Waals surface area contributed by atoms with E-state index in [-0.39, 0.29) is 12.5 Å². The van der Waals surface area contributed by atoms with Crippen LogP contribution in [0.5, 0.6) is 0 Å². The minimum atomic E-state index is -0.287. The third kappa shape index (κ3) is 3.00. The number of nitrogens with two attached hydrogens (primary N) is 1. The lowest BCUT2D eigenvalue weighted by atomic mass is 10.2. The maximum atomic E-state index is 12.0. The number of carbonyl (C=O) groups is 1. The van der Waals surface area contributed by atoms with Crippen LogP contribution in [0.3, 0.4) is 0 Å². The highest BCUT2D eigenvalue weighted by Crippen LogP contribution is 2.21. The molecule has 0 aliphatic rings. The van der Waals surface area contributed by atoms with Gasteiger partial charge in [-0.05, 0) is 18.2 Å². The fourth-order valence-corrected chi connectivity index (χ4v) is 2.07. The second-order valence-electron chi connectivity index (χ2n) is 3.99. The first kappa shape index (κ1) is 13.7. The van der Waals surface area contributed by atoms with Crippen LogP contribution in [0.15, 0.2) is 24.4 Å². The summed E-state index contributed by atoms with van der Waals surface area (Å²) in [6.45, 7) is 0.289. The van der Waals surface area contributed by atoms with Crippen molar-refractivity contribution in [2.45, 2.75) is 6.54 Å². The standard InChI is InChI=1S/C12H12Cl2N4O/c1-18-11(15)7(6-17-18)5-16-12(19)9-3-2-8(13)4-10(9)14/h2-4,6H,5,15H2,1H3,(H,16,19). The second-order valence-corrected chi connectivity index (χ2v) is 4.83. The first-order valence-corrected chi connectivity index (χ1v) is 6.24. The summed E-state index contributed by atoms with van der Waals surface area (Å²) < 4.78 is 1.54. The number of hydrogen-bond donors (Lipinski definition) is 2. The Morgan fingerprint density at radius 1 is 1.47 bits per heavy atom. The molecule has 3 N–H and O–H groups in total. The summed E-state index contributed by atoms with van der Waals surface area (Å²) >= 11 is 11.7. The Bertz CT molecular complexity index is 624. The van der Waals surface area contributed by atoms with Crippen LogP contribution in [-0.2, 0) is 13.6 Å². The van der Waals surface area contributed by atoms with Gasteiger partial charge in [-0.3, -0.25) is 9.48 Å². The molecule has 19 heavy (non-hydrogen) atoms. The highest BCUT2D eigenvalue weighted by Gasteiger charge is 2.12. The van der Waals surface area contributed by atoms with Crippen LogP contribution in [0.25, 0.3) is 0 Å². The van der Waals surface area contributed by atoms with Crippen molar-refractivity contribution in [3.05, 3.63) is 45.6 Å². The van der Waals surface area contributed by atoms with E-state index >= 15 is 0 Å². The van der Waals surface area contributed by atoms with Crippen molar-refractivity contribution in [2.24, 2.45) is 7.05 Å². The zero-order valence-corrected chi connectivity index (χ0v) is 11.7. The minimum Gasteiger partial charge on any atom is -0.384 e. The van der Waals surface area contributed by atoms with Crippen LogP contribution in [0, 0.1) is 0 Å². The number of amides is 1. The second kappa shape index (κ2) is 5.50. The van der Waals surface area contributed by atoms with Crippen molar-refractivity contribution < 1.29 is 4.79 Å². The molecular weight excluding hydrogens is 287 g/mol. The van der Waals surface area contributed by atoms with E-state index in [0.717, 1.165) is 5.56 Å². The summed E-state index contributed by atoms with van der Waals surface area (Å²) in [5.74, 6) is 0.229. The fraction of sp³-hybridized carbons (Fsp3) is 0.167. The number of nitrogens with one attached hydrogen (secondary N) is 1. The first-order valence-electron chi connectivity index (χ1n) is 5.48. The van der Waals surface area contributed by atoms with Crippen LogP contribution in [0.1, 0.15) is 15.9 Å². The molecule has 7 heteroatoms. The maximum Gasteiger partial charge on any atom is 0.253 e. The van der Waals surface area contributed by atoms with Gasteiger partial charge in [-0.1, -0.05) is 23.2 Å². The molecule has 0 aliphatic carbocycles. The Balaban J connectivity index is 2.07. The number of rotatable bonds is 3. The third-order valence-electron chi connectivity index (χ3n) is 2.68. The number of halogens is 2. The summed E-state index contributed by atoms with van der Waals surface area (Å²) in [6.07, 6.45) is 1.61. The van der Waals surface area contributed by atoms with Gasteiger partial charge in [0.2, 0.25) is 0 Å². The van der Waals surface area contributed by atoms with Crippen LogP contribution >= 0.6 is 23.2 Å². The molecule has 0 spiro atoms. The summed E-state index contributed by atoms with van der Waals surface area (Å²) in [4.78, 5) is 12.0. The lowest BCUT2D eigenvalue weighted by molar-refractivity contribution is 0.0951. The molecule has 0 saturated heterocycles. The van der Waals surface area contributed by atoms with E-state index in [1.807, 2.05) is 0 Å². The highest BCUT2D eigenvalue weighted by atomic mass is 35.5. The van der Waals surface area contributed by atoms with Gasteiger partial charge in [0.25, 0.3) is 5.91 Å². The molecule has 1 aromatic carbocycles. The van der Waals surface area contributed by atoms with Crippen LogP contribution in [0.2, 0.25) is 10.0 Å². The van der Waals surface area contributed by atoms with Gasteiger partial charge < -0.3 is 11.1 Å². The molecular formula is C12H12Cl2N4O. The van der Waals surface area contributed by atoms with Gasteiger partial charge in [-0.25, -0.2) is 0 Å². The Morgan fingerprint density at radius 3 is 2.79 bits per heavy atom. The lowest BCUT2D eigenvalue weighted by Gasteiger charge is -2.06. The number of aryl methyl sites for hydroxylation is 1. The lowest BCUT2D eigenvalue weighted by Crippen LogP contribution is -2.23. The summed E-state index contributed by atoms with van der Waals surface area (Å²) in [6, 6.07) is 4.71. The molecule has 0 bridgehead atoms. The van der Waals surface area contributed by atoms with Gasteiger partial charge in [0.05, 0.1) is 16.8 Å². The Morgan fingerprint density at radius 2 is 2.21 bits per heavy atom. The topological polar surface area (TPSA) is 72.9 Å². The van der Waals surface area contributed by atoms with Gasteiger partial charge in [-0.2, -0.15) is 5.10 Å². The first-order chi connectivity index (χ1) is 8.99. The Hall–Kier alpha value is -1.72. The van der Waals surface area contributed by atoms with E-state index in [0.29, 0.717) is 21.4 Å². The Labute approximate surface area is 120 Å². The molecule has 0 radical (unpaired) electrons. The summed E-state index contributed by atoms with van der Waals surface area (Å²) in [5.41, 5.74) is 6.90. The van der Waals surface area contributed by atoms with Crippen LogP contribution in [0.4, 0.5) is 5.82 Å². The fourth-order valence-electron chi connectivity index (χ4n) is 1.57. The van der Waals surface area contributed by atoms with Crippen molar-refractivity contribution in [2.75, 3.05) is 5.73 Å². The normalized spacial score (nSPS) is 10.5. The number of hydrogen-bond acceptors (Lipinski definition) is 3. The summed E-state index contributed by atoms with van der Waals surface area (Å²) in [5, 5.41) is 7.52. The number of nitrogen functional groups attached to an aromatic ring is 1. The number of anilines is 1. The largest absolute Gasteiger partial charge is 0.384 e. The molecule has 1 amide bonds. The minimum absolute atomic E-state index is 0.287. The van der Waals surface area contributed by atoms with E-state index in [4.69, 9.17) is 28.9 Å². The van der Waals surface area contributed by atoms with Gasteiger partial charge in [0, 0.05) is 24.2 Å². The molecule has 100 valence electrons. The van der Waals surface area contributed by atoms with E-state index in [1.54, 1.807) is 25.4 Å². The van der Waals surface area contributed by atoms with Crippen LogP contribution < -0.4 is 11.1 Å². The average molecular weight is 299 g/mol. The van der Waals surface area contributed by atoms with Crippen molar-refractivity contribution in [1.29, 1.82) is 0 Å². The zero-order valence-electron chi connectivity index (χ0n) is 10.2. The summed E-state index contributed by atoms with van der Waals surface area (Å²) in [7, 11) is 1.73. The monoisotopic (exact) mass is 298 g/mol. The molecule has 0 unspecified atom stereocenters. The third-order valence-corrected chi connectivity index (χ3v) is 3.23. The van der Waals surface area contributed by atoms with Crippen molar-refractivity contribution in [3.8, 4) is 0 Å². The number of aromatic nitrogens is 2. The maximum absolute atomic E-state index is 12.0. The van der Waals surface area contributed by atoms with Gasteiger partial charge in [0.15, 0.2) is 0 Å². The van der Waals surface area contributed by atoms with E-state index in [9.17, 15) is 4.79 Å². The predicted molar refractivity (Wildman–Crippen MR) is 75.3 cm³/mol. The molecule has 0 saturated carbocycles. The van der Waals surface area contributed by atoms with Gasteiger partial charge >= 0.3 is 0 Å². The van der Waals surface area contributed by atoms with E-state index < -0.39 is 0 Å². The average Bonchev–Trinajstić information content (AvgIpc) is 2.67. The quantitative estimate of drug-likeness (QED) is 0.913. The van der Waals surface area contributed by atoms with Crippen molar-refractivity contribution in [1.82, 2.24) is 15.1 Å². The molecule has 5 nitrogen and oxygen atoms in total. The number of carbonyl (C=O) groups excluding carboxylic acids is 1. The van der Waals surface area contributed by atoms with E-state index in [2.05, 4.69) is 10.4 Å². The number of benzene rings is 1. The van der Waals surface area contributed by atoms with Crippen LogP contribution in [-0.4, -0.2) is 15.7 Å². The SMILES string of the molecule is Cn1ncc(CNC(=O)c2ccc(Cl)cc2Cl)c1N. The molecule has 0 aliphatic heterocycles. The van der Waals surface area contributed by atoms with Gasteiger partial charge in [-0.15, -0.1) is 0 Å². The molecule has 0 fully saturated rings. The number of nitrogens with zero attached hydrogens (tertiary/aromatic N) is 2. The smallest absolute Gasteiger partial charge is 0.253 e.